The van der Waals surface area contributed by atoms with Crippen LogP contribution in [0.5, 0.6) is 0 Å². The number of hydrogen-bond donors (Lipinski definition) is 1. The molecular weight excluding hydrogens is 180 g/mol. The molecule has 1 heterocycles. The van der Waals surface area contributed by atoms with Crippen LogP contribution in [0.25, 0.3) is 0 Å². The normalized spacial score (nSPS) is 9.85. The Bertz CT molecular complexity index is 285. The molecule has 1 N–H and O–H groups in total. The second-order valence-corrected chi connectivity index (χ2v) is 3.90. The molecule has 0 aromatic carbocycles. The predicted octanol–water partition coefficient (Wildman–Crippen LogP) is 1.82. The summed E-state index contributed by atoms with van der Waals surface area (Å²) in [7, 11) is 0. The number of nitrogens with zero attached hydrogens (tertiary/aromatic N) is 1. The largest absolute Gasteiger partial charge is 0.311 e. The van der Waals surface area contributed by atoms with E-state index >= 15 is 0 Å². The molecule has 0 amide bonds. The van der Waals surface area contributed by atoms with Crippen molar-refractivity contribution in [3.63, 3.8) is 0 Å². The number of thiazole rings is 1. The van der Waals surface area contributed by atoms with Crippen molar-refractivity contribution in [3.05, 3.63) is 16.1 Å². The molecule has 0 spiro atoms. The Balaban J connectivity index is 2.25. The second-order valence-electron chi connectivity index (χ2n) is 2.70. The molecule has 0 saturated heterocycles. The van der Waals surface area contributed by atoms with Gasteiger partial charge in [-0.2, -0.15) is 0 Å². The third kappa shape index (κ3) is 3.58. The highest BCUT2D eigenvalue weighted by Gasteiger charge is 1.98. The lowest BCUT2D eigenvalue weighted by Crippen LogP contribution is -2.13. The molecule has 0 bridgehead atoms. The Morgan fingerprint density at radius 1 is 1.69 bits per heavy atom. The summed E-state index contributed by atoms with van der Waals surface area (Å²) in [4.78, 5) is 5.56. The summed E-state index contributed by atoms with van der Waals surface area (Å²) >= 11 is 1.77. The molecule has 0 aliphatic rings. The summed E-state index contributed by atoms with van der Waals surface area (Å²) in [5.41, 5.74) is 0. The van der Waals surface area contributed by atoms with E-state index in [0.29, 0.717) is 0 Å². The van der Waals surface area contributed by atoms with Crippen LogP contribution in [0.3, 0.4) is 0 Å². The fourth-order valence-electron chi connectivity index (χ4n) is 0.965. The van der Waals surface area contributed by atoms with Gasteiger partial charge in [-0.3, -0.25) is 0 Å². The summed E-state index contributed by atoms with van der Waals surface area (Å²) in [6.07, 6.45) is 8.88. The van der Waals surface area contributed by atoms with Gasteiger partial charge >= 0.3 is 0 Å². The van der Waals surface area contributed by atoms with Gasteiger partial charge in [0, 0.05) is 30.6 Å². The van der Waals surface area contributed by atoms with Crippen LogP contribution in [0.2, 0.25) is 0 Å². The van der Waals surface area contributed by atoms with Crippen molar-refractivity contribution >= 4 is 11.3 Å². The Morgan fingerprint density at radius 3 is 3.15 bits per heavy atom. The van der Waals surface area contributed by atoms with Crippen molar-refractivity contribution in [1.29, 1.82) is 0 Å². The Morgan fingerprint density at radius 2 is 2.54 bits per heavy atom. The molecule has 70 valence electrons. The molecular formula is C10H14N2S. The first kappa shape index (κ1) is 10.2. The third-order valence-corrected chi connectivity index (χ3v) is 2.79. The molecule has 0 aliphatic carbocycles. The number of aromatic nitrogens is 1. The van der Waals surface area contributed by atoms with Crippen molar-refractivity contribution in [3.8, 4) is 12.3 Å². The summed E-state index contributed by atoms with van der Waals surface area (Å²) in [5.74, 6) is 2.60. The van der Waals surface area contributed by atoms with E-state index in [-0.39, 0.29) is 0 Å². The highest BCUT2D eigenvalue weighted by molar-refractivity contribution is 7.11. The highest BCUT2D eigenvalue weighted by atomic mass is 32.1. The van der Waals surface area contributed by atoms with Gasteiger partial charge in [0.2, 0.25) is 0 Å². The van der Waals surface area contributed by atoms with Crippen molar-refractivity contribution < 1.29 is 0 Å². The van der Waals surface area contributed by atoms with Gasteiger partial charge in [-0.1, -0.05) is 6.92 Å². The third-order valence-electron chi connectivity index (χ3n) is 1.65. The van der Waals surface area contributed by atoms with Crippen LogP contribution >= 0.6 is 11.3 Å². The van der Waals surface area contributed by atoms with Crippen LogP contribution in [0.15, 0.2) is 6.20 Å². The van der Waals surface area contributed by atoms with E-state index in [1.807, 2.05) is 6.20 Å². The summed E-state index contributed by atoms with van der Waals surface area (Å²) in [6, 6.07) is 0. The summed E-state index contributed by atoms with van der Waals surface area (Å²) in [6.45, 7) is 3.89. The molecule has 13 heavy (non-hydrogen) atoms. The van der Waals surface area contributed by atoms with E-state index in [9.17, 15) is 0 Å². The average Bonchev–Trinajstić information content (AvgIpc) is 2.60. The van der Waals surface area contributed by atoms with Crippen LogP contribution < -0.4 is 5.32 Å². The fourth-order valence-corrected chi connectivity index (χ4v) is 1.80. The Hall–Kier alpha value is -0.850. The quantitative estimate of drug-likeness (QED) is 0.571. The van der Waals surface area contributed by atoms with Crippen LogP contribution in [0.1, 0.15) is 23.2 Å². The van der Waals surface area contributed by atoms with E-state index in [1.54, 1.807) is 11.3 Å². The van der Waals surface area contributed by atoms with Crippen molar-refractivity contribution in [2.24, 2.45) is 0 Å². The molecule has 3 heteroatoms. The van der Waals surface area contributed by atoms with Gasteiger partial charge in [-0.25, -0.2) is 4.98 Å². The van der Waals surface area contributed by atoms with Crippen LogP contribution in [0, 0.1) is 12.3 Å². The smallest absolute Gasteiger partial charge is 0.0925 e. The number of aryl methyl sites for hydroxylation is 1. The van der Waals surface area contributed by atoms with Crippen LogP contribution in [0.4, 0.5) is 0 Å². The first-order chi connectivity index (χ1) is 6.36. The van der Waals surface area contributed by atoms with Gasteiger partial charge < -0.3 is 5.32 Å². The molecule has 0 atom stereocenters. The molecule has 1 rings (SSSR count). The molecule has 0 saturated carbocycles. The zero-order chi connectivity index (χ0) is 9.52. The predicted molar refractivity (Wildman–Crippen MR) is 56.6 cm³/mol. The van der Waals surface area contributed by atoms with Gasteiger partial charge in [0.1, 0.15) is 0 Å². The van der Waals surface area contributed by atoms with E-state index in [0.717, 1.165) is 25.9 Å². The highest BCUT2D eigenvalue weighted by Crippen LogP contribution is 2.12. The van der Waals surface area contributed by atoms with Gasteiger partial charge in [-0.05, 0) is 6.42 Å². The van der Waals surface area contributed by atoms with E-state index in [2.05, 4.69) is 23.1 Å². The minimum Gasteiger partial charge on any atom is -0.311 e. The maximum Gasteiger partial charge on any atom is 0.0925 e. The Kier molecular flexibility index (Phi) is 4.52. The lowest BCUT2D eigenvalue weighted by molar-refractivity contribution is 0.708. The first-order valence-corrected chi connectivity index (χ1v) is 5.26. The van der Waals surface area contributed by atoms with Gasteiger partial charge in [0.15, 0.2) is 0 Å². The molecule has 0 radical (unpaired) electrons. The number of rotatable bonds is 5. The number of hydrogen-bond acceptors (Lipinski definition) is 3. The average molecular weight is 194 g/mol. The lowest BCUT2D eigenvalue weighted by Gasteiger charge is -1.97. The molecule has 0 aliphatic heterocycles. The SMILES string of the molecule is C#CCCNCc1cnc(CC)s1. The zero-order valence-electron chi connectivity index (χ0n) is 7.84. The summed E-state index contributed by atoms with van der Waals surface area (Å²) in [5, 5.41) is 4.47. The van der Waals surface area contributed by atoms with Gasteiger partial charge in [-0.15, -0.1) is 23.7 Å². The maximum atomic E-state index is 5.13. The van der Waals surface area contributed by atoms with Crippen LogP contribution in [-0.4, -0.2) is 11.5 Å². The molecule has 0 unspecified atom stereocenters. The van der Waals surface area contributed by atoms with Gasteiger partial charge in [0.05, 0.1) is 5.01 Å². The first-order valence-electron chi connectivity index (χ1n) is 4.44. The van der Waals surface area contributed by atoms with Crippen molar-refractivity contribution in [2.45, 2.75) is 26.3 Å². The van der Waals surface area contributed by atoms with Crippen LogP contribution in [-0.2, 0) is 13.0 Å². The van der Waals surface area contributed by atoms with E-state index < -0.39 is 0 Å². The monoisotopic (exact) mass is 194 g/mol. The zero-order valence-corrected chi connectivity index (χ0v) is 8.66. The topological polar surface area (TPSA) is 24.9 Å². The number of nitrogens with one attached hydrogen (secondary N) is 1. The fraction of sp³-hybridized carbons (Fsp3) is 0.500. The molecule has 1 aromatic heterocycles. The van der Waals surface area contributed by atoms with E-state index in [1.165, 1.54) is 9.88 Å². The van der Waals surface area contributed by atoms with E-state index in [4.69, 9.17) is 6.42 Å². The minimum absolute atomic E-state index is 0.791. The molecule has 2 nitrogen and oxygen atoms in total. The minimum atomic E-state index is 0.791. The Labute approximate surface area is 83.4 Å². The van der Waals surface area contributed by atoms with Crippen molar-refractivity contribution in [2.75, 3.05) is 6.54 Å². The standard InChI is InChI=1S/C10H14N2S/c1-3-5-6-11-7-9-8-12-10(4-2)13-9/h1,8,11H,4-7H2,2H3. The maximum absolute atomic E-state index is 5.13. The molecule has 1 aromatic rings. The molecule has 0 fully saturated rings. The number of terminal acetylenes is 1. The lowest BCUT2D eigenvalue weighted by atomic mass is 10.4. The van der Waals surface area contributed by atoms with Gasteiger partial charge in [0.25, 0.3) is 0 Å². The summed E-state index contributed by atoms with van der Waals surface area (Å²) < 4.78 is 0. The van der Waals surface area contributed by atoms with Crippen molar-refractivity contribution in [1.82, 2.24) is 10.3 Å². The second kappa shape index (κ2) is 5.74.